The number of hydrogen-bond donors (Lipinski definition) is 3. The average molecular weight is 447 g/mol. The number of aromatic nitrogens is 5. The molecule has 0 saturated carbocycles. The maximum Gasteiger partial charge on any atom is 0.260 e. The molecule has 1 amide bonds. The molecule has 1 aliphatic rings. The number of benzene rings is 1. The Bertz CT molecular complexity index is 1370. The minimum absolute atomic E-state index is 0.0458. The molecule has 4 heterocycles. The number of aliphatic hydroxyl groups excluding tert-OH is 1. The number of hydrogen-bond acceptors (Lipinski definition) is 8. The summed E-state index contributed by atoms with van der Waals surface area (Å²) in [5.74, 6) is -0.0999. The summed E-state index contributed by atoms with van der Waals surface area (Å²) in [5.41, 5.74) is 7.18. The van der Waals surface area contributed by atoms with Crippen LogP contribution < -0.4 is 16.2 Å². The van der Waals surface area contributed by atoms with E-state index in [1.165, 1.54) is 4.90 Å². The smallest absolute Gasteiger partial charge is 0.260 e. The van der Waals surface area contributed by atoms with Gasteiger partial charge in [0.2, 0.25) is 0 Å². The fourth-order valence-corrected chi connectivity index (χ4v) is 3.77. The van der Waals surface area contributed by atoms with Crippen molar-refractivity contribution >= 4 is 22.6 Å². The van der Waals surface area contributed by atoms with E-state index < -0.39 is 23.7 Å². The van der Waals surface area contributed by atoms with Crippen LogP contribution in [0.25, 0.3) is 16.6 Å². The second kappa shape index (κ2) is 8.54. The Morgan fingerprint density at radius 2 is 2.03 bits per heavy atom. The zero-order chi connectivity index (χ0) is 22.9. The molecule has 0 unspecified atom stereocenters. The van der Waals surface area contributed by atoms with E-state index in [0.29, 0.717) is 16.7 Å². The van der Waals surface area contributed by atoms with Crippen LogP contribution in [0.3, 0.4) is 0 Å². The monoisotopic (exact) mass is 447 g/mol. The van der Waals surface area contributed by atoms with Gasteiger partial charge in [0.15, 0.2) is 11.9 Å². The van der Waals surface area contributed by atoms with Gasteiger partial charge in [-0.3, -0.25) is 19.5 Å². The normalized spacial score (nSPS) is 17.5. The van der Waals surface area contributed by atoms with Crippen LogP contribution in [0, 0.1) is 0 Å². The molecule has 5 rings (SSSR count). The Morgan fingerprint density at radius 1 is 1.21 bits per heavy atom. The topological polar surface area (TPSA) is 152 Å². The van der Waals surface area contributed by atoms with Crippen LogP contribution in [-0.4, -0.2) is 55.0 Å². The lowest BCUT2D eigenvalue weighted by Gasteiger charge is -2.32. The quantitative estimate of drug-likeness (QED) is 0.398. The number of pyridine rings is 1. The van der Waals surface area contributed by atoms with Gasteiger partial charge in [-0.1, -0.05) is 6.07 Å². The number of rotatable bonds is 5. The summed E-state index contributed by atoms with van der Waals surface area (Å²) in [4.78, 5) is 38.1. The third kappa shape index (κ3) is 3.89. The maximum absolute atomic E-state index is 13.2. The van der Waals surface area contributed by atoms with Gasteiger partial charge in [-0.05, 0) is 29.8 Å². The maximum atomic E-state index is 13.2. The van der Waals surface area contributed by atoms with E-state index in [0.717, 1.165) is 11.3 Å². The zero-order valence-electron chi connectivity index (χ0n) is 17.5. The first kappa shape index (κ1) is 20.9. The number of carbonyl (C=O) groups is 1. The number of anilines is 1. The summed E-state index contributed by atoms with van der Waals surface area (Å²) in [6.07, 6.45) is 2.33. The number of amides is 1. The number of nitrogens with one attached hydrogen (secondary N) is 1. The molecule has 1 fully saturated rings. The van der Waals surface area contributed by atoms with Crippen LogP contribution in [0.1, 0.15) is 17.5 Å². The first-order chi connectivity index (χ1) is 16.0. The number of ether oxygens (including phenoxy) is 1. The number of H-pyrrole nitrogens is 1. The molecule has 168 valence electrons. The van der Waals surface area contributed by atoms with E-state index in [4.69, 9.17) is 10.5 Å². The average Bonchev–Trinajstić information content (AvgIpc) is 3.34. The molecule has 33 heavy (non-hydrogen) atoms. The summed E-state index contributed by atoms with van der Waals surface area (Å²) in [6, 6.07) is 10.4. The van der Waals surface area contributed by atoms with Gasteiger partial charge in [0, 0.05) is 31.2 Å². The van der Waals surface area contributed by atoms with Gasteiger partial charge in [-0.15, -0.1) is 5.10 Å². The number of morpholine rings is 1. The predicted molar refractivity (Wildman–Crippen MR) is 119 cm³/mol. The second-order valence-corrected chi connectivity index (χ2v) is 7.56. The number of aliphatic hydroxyl groups is 1. The van der Waals surface area contributed by atoms with Crippen molar-refractivity contribution < 1.29 is 14.6 Å². The third-order valence-electron chi connectivity index (χ3n) is 5.49. The van der Waals surface area contributed by atoms with E-state index in [1.54, 1.807) is 59.7 Å². The van der Waals surface area contributed by atoms with E-state index in [1.807, 2.05) is 0 Å². The molecule has 1 aliphatic heterocycles. The Morgan fingerprint density at radius 3 is 2.82 bits per heavy atom. The molecule has 0 bridgehead atoms. The Kier molecular flexibility index (Phi) is 5.42. The van der Waals surface area contributed by atoms with Gasteiger partial charge in [-0.2, -0.15) is 0 Å². The molecule has 11 nitrogen and oxygen atoms in total. The Hall–Kier alpha value is -3.93. The minimum Gasteiger partial charge on any atom is -0.382 e. The molecule has 4 N–H and O–H groups in total. The third-order valence-corrected chi connectivity index (χ3v) is 5.49. The summed E-state index contributed by atoms with van der Waals surface area (Å²) >= 11 is 0. The first-order valence-corrected chi connectivity index (χ1v) is 10.3. The summed E-state index contributed by atoms with van der Waals surface area (Å²) in [7, 11) is 0. The Labute approximate surface area is 187 Å². The molecule has 0 spiro atoms. The van der Waals surface area contributed by atoms with Crippen molar-refractivity contribution in [3.8, 4) is 5.69 Å². The van der Waals surface area contributed by atoms with Crippen molar-refractivity contribution in [1.82, 2.24) is 24.7 Å². The van der Waals surface area contributed by atoms with Crippen molar-refractivity contribution in [3.63, 3.8) is 0 Å². The Balaban J connectivity index is 1.41. The molecule has 1 saturated heterocycles. The van der Waals surface area contributed by atoms with Crippen molar-refractivity contribution in [2.75, 3.05) is 18.1 Å². The number of carbonyl (C=O) groups excluding carboxylic acids is 1. The molecule has 1 aromatic carbocycles. The fraction of sp³-hybridized carbons (Fsp3) is 0.227. The lowest BCUT2D eigenvalue weighted by atomic mass is 10.1. The van der Waals surface area contributed by atoms with Gasteiger partial charge < -0.3 is 20.6 Å². The highest BCUT2D eigenvalue weighted by Gasteiger charge is 2.38. The highest BCUT2D eigenvalue weighted by molar-refractivity contribution is 5.96. The van der Waals surface area contributed by atoms with Gasteiger partial charge in [0.25, 0.3) is 11.5 Å². The van der Waals surface area contributed by atoms with Crippen molar-refractivity contribution in [1.29, 1.82) is 0 Å². The number of nitrogens with zero attached hydrogens (tertiary/aromatic N) is 5. The van der Waals surface area contributed by atoms with Gasteiger partial charge >= 0.3 is 0 Å². The van der Waals surface area contributed by atoms with Crippen molar-refractivity contribution in [2.45, 2.75) is 18.8 Å². The van der Waals surface area contributed by atoms with Crippen molar-refractivity contribution in [2.24, 2.45) is 5.73 Å². The van der Waals surface area contributed by atoms with Gasteiger partial charge in [0.1, 0.15) is 11.9 Å². The van der Waals surface area contributed by atoms with Crippen LogP contribution in [0.5, 0.6) is 0 Å². The molecule has 0 aliphatic carbocycles. The van der Waals surface area contributed by atoms with Crippen LogP contribution in [0.4, 0.5) is 5.82 Å². The SMILES string of the molecule is NCc1ccc2nc([C@H](O)[C@H]3OCCN(c4ccn(-c5ccncc5)n4)C3=O)[nH]c(=O)c2c1. The van der Waals surface area contributed by atoms with Crippen LogP contribution in [0.2, 0.25) is 0 Å². The molecular formula is C22H21N7O4. The lowest BCUT2D eigenvalue weighted by Crippen LogP contribution is -2.50. The molecule has 4 aromatic rings. The summed E-state index contributed by atoms with van der Waals surface area (Å²) < 4.78 is 7.20. The van der Waals surface area contributed by atoms with E-state index in [2.05, 4.69) is 20.1 Å². The summed E-state index contributed by atoms with van der Waals surface area (Å²) in [5, 5.41) is 15.7. The van der Waals surface area contributed by atoms with Gasteiger partial charge in [0.05, 0.1) is 29.7 Å². The van der Waals surface area contributed by atoms with Crippen LogP contribution in [-0.2, 0) is 16.1 Å². The van der Waals surface area contributed by atoms with Crippen LogP contribution >= 0.6 is 0 Å². The molecule has 2 atom stereocenters. The van der Waals surface area contributed by atoms with Crippen LogP contribution in [0.15, 0.2) is 59.8 Å². The second-order valence-electron chi connectivity index (χ2n) is 7.56. The standard InChI is InChI=1S/C22H21N7O4/c23-12-13-1-2-16-15(11-13)21(31)26-20(25-16)18(30)19-22(32)28(9-10-33-19)17-5-8-29(27-17)14-3-6-24-7-4-14/h1-8,11,18-19,30H,9-10,12,23H2,(H,25,26,31)/t18-,19-/m1/s1. The highest BCUT2D eigenvalue weighted by atomic mass is 16.5. The van der Waals surface area contributed by atoms with Crippen molar-refractivity contribution in [3.05, 3.63) is 76.7 Å². The highest BCUT2D eigenvalue weighted by Crippen LogP contribution is 2.25. The van der Waals surface area contributed by atoms with E-state index >= 15 is 0 Å². The number of nitrogens with two attached hydrogens (primary N) is 1. The van der Waals surface area contributed by atoms with Gasteiger partial charge in [-0.25, -0.2) is 9.67 Å². The molecule has 0 radical (unpaired) electrons. The first-order valence-electron chi connectivity index (χ1n) is 10.3. The zero-order valence-corrected chi connectivity index (χ0v) is 17.5. The largest absolute Gasteiger partial charge is 0.382 e. The predicted octanol–water partition coefficient (Wildman–Crippen LogP) is 0.428. The molecule has 3 aromatic heterocycles. The fourth-order valence-electron chi connectivity index (χ4n) is 3.77. The lowest BCUT2D eigenvalue weighted by molar-refractivity contribution is -0.143. The number of aromatic amines is 1. The summed E-state index contributed by atoms with van der Waals surface area (Å²) in [6.45, 7) is 0.753. The van der Waals surface area contributed by atoms with E-state index in [9.17, 15) is 14.7 Å². The molecular weight excluding hydrogens is 426 g/mol. The molecule has 11 heteroatoms. The number of fused-ring (bicyclic) bond motifs is 1. The minimum atomic E-state index is -1.46. The van der Waals surface area contributed by atoms with E-state index in [-0.39, 0.29) is 25.5 Å².